The Kier molecular flexibility index (Phi) is 3.79. The Labute approximate surface area is 86.8 Å². The van der Waals surface area contributed by atoms with E-state index < -0.39 is 0 Å². The van der Waals surface area contributed by atoms with Crippen molar-refractivity contribution < 1.29 is 4.74 Å². The standard InChI is InChI=1S/C11H22N2O/c1-14-9-8-13-7-3-4-10-11(13)5-2-6-12-10/h10-12H,2-9H2,1H3/t10-,11-/m1/s1. The molecular weight excluding hydrogens is 176 g/mol. The number of ether oxygens (including phenoxy) is 1. The highest BCUT2D eigenvalue weighted by atomic mass is 16.5. The van der Waals surface area contributed by atoms with E-state index in [1.54, 1.807) is 7.11 Å². The summed E-state index contributed by atoms with van der Waals surface area (Å²) in [6, 6.07) is 1.54. The van der Waals surface area contributed by atoms with E-state index in [2.05, 4.69) is 10.2 Å². The van der Waals surface area contributed by atoms with Crippen LogP contribution in [0.1, 0.15) is 25.7 Å². The van der Waals surface area contributed by atoms with Crippen molar-refractivity contribution in [2.24, 2.45) is 0 Å². The van der Waals surface area contributed by atoms with E-state index in [0.717, 1.165) is 25.2 Å². The molecule has 0 aromatic heterocycles. The molecule has 2 rings (SSSR count). The first-order valence-electron chi connectivity index (χ1n) is 5.88. The van der Waals surface area contributed by atoms with Crippen LogP contribution in [0.15, 0.2) is 0 Å². The maximum Gasteiger partial charge on any atom is 0.0589 e. The average molecular weight is 198 g/mol. The number of rotatable bonds is 3. The fraction of sp³-hybridized carbons (Fsp3) is 1.00. The van der Waals surface area contributed by atoms with Gasteiger partial charge in [0.2, 0.25) is 0 Å². The maximum atomic E-state index is 5.16. The second-order valence-electron chi connectivity index (χ2n) is 4.44. The van der Waals surface area contributed by atoms with Gasteiger partial charge in [0.05, 0.1) is 6.61 Å². The van der Waals surface area contributed by atoms with Crippen LogP contribution in [0.5, 0.6) is 0 Å². The van der Waals surface area contributed by atoms with Crippen LogP contribution in [0.4, 0.5) is 0 Å². The zero-order valence-corrected chi connectivity index (χ0v) is 9.17. The third-order valence-corrected chi connectivity index (χ3v) is 3.56. The molecule has 0 aromatic carbocycles. The Morgan fingerprint density at radius 2 is 2.29 bits per heavy atom. The SMILES string of the molecule is COCCN1CCC[C@H]2NCCC[C@H]21. The maximum absolute atomic E-state index is 5.16. The number of piperidine rings is 2. The molecular formula is C11H22N2O. The van der Waals surface area contributed by atoms with Gasteiger partial charge in [-0.15, -0.1) is 0 Å². The van der Waals surface area contributed by atoms with Crippen LogP contribution in [0.25, 0.3) is 0 Å². The fourth-order valence-corrected chi connectivity index (χ4v) is 2.83. The molecule has 0 bridgehead atoms. The van der Waals surface area contributed by atoms with Gasteiger partial charge in [-0.2, -0.15) is 0 Å². The summed E-state index contributed by atoms with van der Waals surface area (Å²) in [5.41, 5.74) is 0. The predicted molar refractivity (Wildman–Crippen MR) is 57.5 cm³/mol. The van der Waals surface area contributed by atoms with Crippen LogP contribution >= 0.6 is 0 Å². The molecule has 14 heavy (non-hydrogen) atoms. The molecule has 2 heterocycles. The number of hydrogen-bond donors (Lipinski definition) is 1. The van der Waals surface area contributed by atoms with Crippen molar-refractivity contribution in [2.75, 3.05) is 33.4 Å². The van der Waals surface area contributed by atoms with Crippen molar-refractivity contribution in [2.45, 2.75) is 37.8 Å². The number of likely N-dealkylation sites (tertiary alicyclic amines) is 1. The van der Waals surface area contributed by atoms with E-state index in [0.29, 0.717) is 0 Å². The van der Waals surface area contributed by atoms with Crippen LogP contribution in [0.2, 0.25) is 0 Å². The van der Waals surface area contributed by atoms with Crippen LogP contribution in [-0.4, -0.2) is 50.3 Å². The quantitative estimate of drug-likeness (QED) is 0.727. The number of nitrogens with one attached hydrogen (secondary N) is 1. The first kappa shape index (κ1) is 10.4. The van der Waals surface area contributed by atoms with Gasteiger partial charge in [0.1, 0.15) is 0 Å². The van der Waals surface area contributed by atoms with Crippen molar-refractivity contribution in [1.82, 2.24) is 10.2 Å². The summed E-state index contributed by atoms with van der Waals surface area (Å²) in [5.74, 6) is 0. The minimum Gasteiger partial charge on any atom is -0.383 e. The summed E-state index contributed by atoms with van der Waals surface area (Å²) in [6.45, 7) is 4.48. The van der Waals surface area contributed by atoms with Gasteiger partial charge in [0, 0.05) is 25.7 Å². The Balaban J connectivity index is 1.88. The van der Waals surface area contributed by atoms with Crippen molar-refractivity contribution in [3.63, 3.8) is 0 Å². The third-order valence-electron chi connectivity index (χ3n) is 3.56. The topological polar surface area (TPSA) is 24.5 Å². The summed E-state index contributed by atoms with van der Waals surface area (Å²) in [5, 5.41) is 3.64. The molecule has 2 fully saturated rings. The molecule has 1 N–H and O–H groups in total. The highest BCUT2D eigenvalue weighted by Crippen LogP contribution is 2.23. The van der Waals surface area contributed by atoms with Crippen LogP contribution < -0.4 is 5.32 Å². The highest BCUT2D eigenvalue weighted by Gasteiger charge is 2.32. The summed E-state index contributed by atoms with van der Waals surface area (Å²) >= 11 is 0. The summed E-state index contributed by atoms with van der Waals surface area (Å²) < 4.78 is 5.16. The average Bonchev–Trinajstić information content (AvgIpc) is 2.26. The first-order valence-corrected chi connectivity index (χ1v) is 5.88. The van der Waals surface area contributed by atoms with Crippen LogP contribution in [-0.2, 0) is 4.74 Å². The first-order chi connectivity index (χ1) is 6.92. The van der Waals surface area contributed by atoms with E-state index in [-0.39, 0.29) is 0 Å². The normalized spacial score (nSPS) is 34.1. The molecule has 0 saturated carbocycles. The number of hydrogen-bond acceptors (Lipinski definition) is 3. The van der Waals surface area contributed by atoms with E-state index >= 15 is 0 Å². The van der Waals surface area contributed by atoms with Gasteiger partial charge in [-0.25, -0.2) is 0 Å². The zero-order valence-electron chi connectivity index (χ0n) is 9.17. The molecule has 3 nitrogen and oxygen atoms in total. The number of methoxy groups -OCH3 is 1. The molecule has 3 heteroatoms. The Morgan fingerprint density at radius 3 is 3.14 bits per heavy atom. The fourth-order valence-electron chi connectivity index (χ4n) is 2.83. The molecule has 0 spiro atoms. The minimum atomic E-state index is 0.759. The van der Waals surface area contributed by atoms with Gasteiger partial charge >= 0.3 is 0 Å². The molecule has 2 atom stereocenters. The summed E-state index contributed by atoms with van der Waals surface area (Å²) in [7, 11) is 1.79. The molecule has 0 radical (unpaired) electrons. The predicted octanol–water partition coefficient (Wildman–Crippen LogP) is 0.849. The molecule has 2 aliphatic rings. The van der Waals surface area contributed by atoms with E-state index in [1.807, 2.05) is 0 Å². The second-order valence-corrected chi connectivity index (χ2v) is 4.44. The van der Waals surface area contributed by atoms with Crippen molar-refractivity contribution in [3.05, 3.63) is 0 Å². The van der Waals surface area contributed by atoms with Gasteiger partial charge in [-0.3, -0.25) is 4.90 Å². The van der Waals surface area contributed by atoms with Crippen molar-refractivity contribution in [3.8, 4) is 0 Å². The molecule has 0 aliphatic carbocycles. The largest absolute Gasteiger partial charge is 0.383 e. The van der Waals surface area contributed by atoms with Gasteiger partial charge in [-0.05, 0) is 38.8 Å². The highest BCUT2D eigenvalue weighted by molar-refractivity contribution is 4.91. The van der Waals surface area contributed by atoms with Gasteiger partial charge in [0.25, 0.3) is 0 Å². The summed E-state index contributed by atoms with van der Waals surface area (Å²) in [6.07, 6.45) is 5.43. The van der Waals surface area contributed by atoms with Crippen LogP contribution in [0, 0.1) is 0 Å². The molecule has 2 aliphatic heterocycles. The molecule has 0 amide bonds. The monoisotopic (exact) mass is 198 g/mol. The summed E-state index contributed by atoms with van der Waals surface area (Å²) in [4.78, 5) is 2.61. The van der Waals surface area contributed by atoms with Gasteiger partial charge < -0.3 is 10.1 Å². The minimum absolute atomic E-state index is 0.759. The van der Waals surface area contributed by atoms with Gasteiger partial charge in [-0.1, -0.05) is 0 Å². The lowest BCUT2D eigenvalue weighted by Gasteiger charge is -2.44. The third kappa shape index (κ3) is 2.27. The van der Waals surface area contributed by atoms with E-state index in [1.165, 1.54) is 38.8 Å². The number of fused-ring (bicyclic) bond motifs is 1. The Bertz CT molecular complexity index is 173. The molecule has 0 unspecified atom stereocenters. The lowest BCUT2D eigenvalue weighted by Crippen LogP contribution is -2.57. The molecule has 82 valence electrons. The van der Waals surface area contributed by atoms with Crippen molar-refractivity contribution in [1.29, 1.82) is 0 Å². The zero-order chi connectivity index (χ0) is 9.80. The van der Waals surface area contributed by atoms with Crippen LogP contribution in [0.3, 0.4) is 0 Å². The van der Waals surface area contributed by atoms with Gasteiger partial charge in [0.15, 0.2) is 0 Å². The Morgan fingerprint density at radius 1 is 1.36 bits per heavy atom. The smallest absolute Gasteiger partial charge is 0.0589 e. The number of nitrogens with zero attached hydrogens (tertiary/aromatic N) is 1. The Hall–Kier alpha value is -0.120. The molecule has 2 saturated heterocycles. The lowest BCUT2D eigenvalue weighted by atomic mass is 9.89. The van der Waals surface area contributed by atoms with E-state index in [9.17, 15) is 0 Å². The lowest BCUT2D eigenvalue weighted by molar-refractivity contribution is 0.0590. The molecule has 0 aromatic rings. The van der Waals surface area contributed by atoms with Crippen molar-refractivity contribution >= 4 is 0 Å². The second kappa shape index (κ2) is 5.10. The van der Waals surface area contributed by atoms with E-state index in [4.69, 9.17) is 4.74 Å².